The zero-order valence-electron chi connectivity index (χ0n) is 10.9. The van der Waals surface area contributed by atoms with Gasteiger partial charge in [-0.05, 0) is 23.9 Å². The largest absolute Gasteiger partial charge is 0.460 e. The fourth-order valence-corrected chi connectivity index (χ4v) is 3.15. The Labute approximate surface area is 115 Å². The van der Waals surface area contributed by atoms with Crippen LogP contribution in [-0.2, 0) is 6.42 Å². The molecule has 0 amide bonds. The lowest BCUT2D eigenvalue weighted by Gasteiger charge is -2.00. The van der Waals surface area contributed by atoms with Crippen LogP contribution < -0.4 is 0 Å². The Kier molecular flexibility index (Phi) is 2.99. The molecule has 0 unspecified atom stereocenters. The molecule has 0 fully saturated rings. The van der Waals surface area contributed by atoms with Gasteiger partial charge in [-0.1, -0.05) is 25.1 Å². The van der Waals surface area contributed by atoms with Crippen molar-refractivity contribution in [2.45, 2.75) is 20.3 Å². The smallest absolute Gasteiger partial charge is 0.198 e. The highest BCUT2D eigenvalue weighted by molar-refractivity contribution is 7.08. The molecule has 0 aliphatic rings. The Morgan fingerprint density at radius 1 is 1.26 bits per heavy atom. The maximum atomic E-state index is 12.7. The molecule has 96 valence electrons. The molecule has 2 heterocycles. The van der Waals surface area contributed by atoms with Crippen LogP contribution >= 0.6 is 11.3 Å². The third-order valence-corrected chi connectivity index (χ3v) is 4.18. The molecular weight excluding hydrogens is 256 g/mol. The van der Waals surface area contributed by atoms with Gasteiger partial charge in [-0.25, -0.2) is 0 Å². The summed E-state index contributed by atoms with van der Waals surface area (Å²) in [4.78, 5) is 12.7. The Morgan fingerprint density at radius 2 is 2.05 bits per heavy atom. The lowest BCUT2D eigenvalue weighted by Crippen LogP contribution is -2.03. The summed E-state index contributed by atoms with van der Waals surface area (Å²) in [6.45, 7) is 3.98. The van der Waals surface area contributed by atoms with Gasteiger partial charge in [0.05, 0.1) is 5.56 Å². The van der Waals surface area contributed by atoms with E-state index < -0.39 is 0 Å². The summed E-state index contributed by atoms with van der Waals surface area (Å²) in [5.74, 6) is 0.845. The topological polar surface area (TPSA) is 30.2 Å². The second-order valence-corrected chi connectivity index (χ2v) is 5.29. The molecule has 0 saturated carbocycles. The molecule has 0 atom stereocenters. The number of para-hydroxylation sites is 1. The first-order valence-electron chi connectivity index (χ1n) is 6.30. The molecule has 0 aliphatic carbocycles. The molecule has 19 heavy (non-hydrogen) atoms. The van der Waals surface area contributed by atoms with Crippen LogP contribution in [0.2, 0.25) is 0 Å². The zero-order valence-corrected chi connectivity index (χ0v) is 11.7. The van der Waals surface area contributed by atoms with Crippen molar-refractivity contribution in [2.75, 3.05) is 0 Å². The first kappa shape index (κ1) is 12.2. The molecule has 3 heteroatoms. The summed E-state index contributed by atoms with van der Waals surface area (Å²) < 4.78 is 5.79. The molecule has 0 spiro atoms. The van der Waals surface area contributed by atoms with Gasteiger partial charge in [0.25, 0.3) is 0 Å². The summed E-state index contributed by atoms with van der Waals surface area (Å²) in [7, 11) is 0. The van der Waals surface area contributed by atoms with E-state index in [1.54, 1.807) is 11.3 Å². The first-order chi connectivity index (χ1) is 9.22. The van der Waals surface area contributed by atoms with Crippen molar-refractivity contribution < 1.29 is 9.21 Å². The molecular formula is C16H14O2S. The number of benzene rings is 1. The minimum Gasteiger partial charge on any atom is -0.460 e. The van der Waals surface area contributed by atoms with Crippen molar-refractivity contribution in [3.05, 3.63) is 57.5 Å². The van der Waals surface area contributed by atoms with Crippen LogP contribution in [0, 0.1) is 6.92 Å². The van der Waals surface area contributed by atoms with Gasteiger partial charge in [0.15, 0.2) is 5.78 Å². The van der Waals surface area contributed by atoms with E-state index >= 15 is 0 Å². The van der Waals surface area contributed by atoms with Gasteiger partial charge in [-0.15, -0.1) is 0 Å². The van der Waals surface area contributed by atoms with Crippen molar-refractivity contribution in [1.82, 2.24) is 0 Å². The predicted octanol–water partition coefficient (Wildman–Crippen LogP) is 4.60. The minimum absolute atomic E-state index is 0.0700. The Balaban J connectivity index is 2.24. The van der Waals surface area contributed by atoms with Crippen LogP contribution in [0.5, 0.6) is 0 Å². The lowest BCUT2D eigenvalue weighted by atomic mass is 9.99. The first-order valence-corrected chi connectivity index (χ1v) is 7.24. The normalized spacial score (nSPS) is 11.1. The van der Waals surface area contributed by atoms with Gasteiger partial charge >= 0.3 is 0 Å². The van der Waals surface area contributed by atoms with E-state index in [1.165, 1.54) is 0 Å². The Morgan fingerprint density at radius 3 is 2.74 bits per heavy atom. The van der Waals surface area contributed by atoms with E-state index in [2.05, 4.69) is 0 Å². The molecule has 0 N–H and O–H groups in total. The number of furan rings is 1. The molecule has 2 aromatic heterocycles. The van der Waals surface area contributed by atoms with Crippen LogP contribution in [0.3, 0.4) is 0 Å². The van der Waals surface area contributed by atoms with Crippen molar-refractivity contribution in [3.63, 3.8) is 0 Å². The highest BCUT2D eigenvalue weighted by atomic mass is 32.1. The van der Waals surface area contributed by atoms with Crippen LogP contribution in [0.1, 0.15) is 34.2 Å². The third kappa shape index (κ3) is 1.90. The van der Waals surface area contributed by atoms with E-state index in [0.717, 1.165) is 39.8 Å². The summed E-state index contributed by atoms with van der Waals surface area (Å²) in [6.07, 6.45) is 0.721. The van der Waals surface area contributed by atoms with Gasteiger partial charge < -0.3 is 4.42 Å². The summed E-state index contributed by atoms with van der Waals surface area (Å²) in [5, 5.41) is 4.83. The number of aryl methyl sites for hydroxylation is 2. The fourth-order valence-electron chi connectivity index (χ4n) is 2.32. The fraction of sp³-hybridized carbons (Fsp3) is 0.188. The van der Waals surface area contributed by atoms with Gasteiger partial charge in [0, 0.05) is 22.8 Å². The van der Waals surface area contributed by atoms with Crippen molar-refractivity contribution in [2.24, 2.45) is 0 Å². The maximum Gasteiger partial charge on any atom is 0.198 e. The Hall–Kier alpha value is -1.87. The third-order valence-electron chi connectivity index (χ3n) is 3.32. The second kappa shape index (κ2) is 4.67. The van der Waals surface area contributed by atoms with Crippen molar-refractivity contribution in [1.29, 1.82) is 0 Å². The van der Waals surface area contributed by atoms with Crippen molar-refractivity contribution in [3.8, 4) is 0 Å². The number of carbonyl (C=O) groups is 1. The molecule has 3 rings (SSSR count). The minimum atomic E-state index is 0.0700. The molecule has 2 nitrogen and oxygen atoms in total. The lowest BCUT2D eigenvalue weighted by molar-refractivity contribution is 0.103. The predicted molar refractivity (Wildman–Crippen MR) is 78.1 cm³/mol. The molecule has 3 aromatic rings. The highest BCUT2D eigenvalue weighted by Crippen LogP contribution is 2.30. The summed E-state index contributed by atoms with van der Waals surface area (Å²) >= 11 is 1.56. The van der Waals surface area contributed by atoms with E-state index in [-0.39, 0.29) is 5.78 Å². The van der Waals surface area contributed by atoms with Crippen LogP contribution in [0.15, 0.2) is 39.4 Å². The van der Waals surface area contributed by atoms with Gasteiger partial charge in [-0.3, -0.25) is 4.79 Å². The highest BCUT2D eigenvalue weighted by Gasteiger charge is 2.22. The summed E-state index contributed by atoms with van der Waals surface area (Å²) in [6, 6.07) is 7.72. The summed E-state index contributed by atoms with van der Waals surface area (Å²) in [5.41, 5.74) is 3.32. The molecule has 0 radical (unpaired) electrons. The Bertz CT molecular complexity index is 749. The van der Waals surface area contributed by atoms with Gasteiger partial charge in [-0.2, -0.15) is 11.3 Å². The average molecular weight is 270 g/mol. The zero-order chi connectivity index (χ0) is 13.4. The number of rotatable bonds is 3. The maximum absolute atomic E-state index is 12.7. The van der Waals surface area contributed by atoms with Gasteiger partial charge in [0.2, 0.25) is 0 Å². The SMILES string of the molecule is CCc1oc2ccccc2c1C(=O)c1cscc1C. The number of carbonyl (C=O) groups excluding carboxylic acids is 1. The standard InChI is InChI=1S/C16H14O2S/c1-3-13-15(11-6-4-5-7-14(11)18-13)16(17)12-9-19-8-10(12)2/h4-9H,3H2,1-2H3. The monoisotopic (exact) mass is 270 g/mol. The number of thiophene rings is 1. The van der Waals surface area contributed by atoms with Crippen LogP contribution in [0.4, 0.5) is 0 Å². The number of fused-ring (bicyclic) bond motifs is 1. The van der Waals surface area contributed by atoms with E-state index in [0.29, 0.717) is 0 Å². The average Bonchev–Trinajstić information content (AvgIpc) is 3.01. The van der Waals surface area contributed by atoms with Crippen LogP contribution in [0.25, 0.3) is 11.0 Å². The van der Waals surface area contributed by atoms with Crippen molar-refractivity contribution >= 4 is 28.1 Å². The van der Waals surface area contributed by atoms with Gasteiger partial charge in [0.1, 0.15) is 11.3 Å². The van der Waals surface area contributed by atoms with Crippen LogP contribution in [-0.4, -0.2) is 5.78 Å². The van der Waals surface area contributed by atoms with E-state index in [1.807, 2.05) is 48.9 Å². The molecule has 0 bridgehead atoms. The molecule has 0 aliphatic heterocycles. The number of ketones is 1. The number of hydrogen-bond acceptors (Lipinski definition) is 3. The molecule has 0 saturated heterocycles. The number of hydrogen-bond donors (Lipinski definition) is 0. The van der Waals surface area contributed by atoms with E-state index in [9.17, 15) is 4.79 Å². The molecule has 1 aromatic carbocycles. The second-order valence-electron chi connectivity index (χ2n) is 4.55. The quantitative estimate of drug-likeness (QED) is 0.651. The van der Waals surface area contributed by atoms with E-state index in [4.69, 9.17) is 4.42 Å².